The van der Waals surface area contributed by atoms with E-state index in [9.17, 15) is 5.11 Å². The molecule has 1 aliphatic rings. The van der Waals surface area contributed by atoms with Crippen LogP contribution >= 0.6 is 0 Å². The summed E-state index contributed by atoms with van der Waals surface area (Å²) in [7, 11) is 0. The number of aryl methyl sites for hydroxylation is 1. The van der Waals surface area contributed by atoms with Gasteiger partial charge in [0, 0.05) is 0 Å². The fourth-order valence-electron chi connectivity index (χ4n) is 2.17. The highest BCUT2D eigenvalue weighted by molar-refractivity contribution is 5.41. The van der Waals surface area contributed by atoms with E-state index in [1.165, 1.54) is 0 Å². The van der Waals surface area contributed by atoms with Gasteiger partial charge in [0.15, 0.2) is 0 Å². The van der Waals surface area contributed by atoms with Crippen molar-refractivity contribution < 1.29 is 9.84 Å². The van der Waals surface area contributed by atoms with Crippen molar-refractivity contribution >= 4 is 0 Å². The van der Waals surface area contributed by atoms with Crippen LogP contribution in [-0.2, 0) is 0 Å². The van der Waals surface area contributed by atoms with Crippen molar-refractivity contribution in [2.45, 2.75) is 44.8 Å². The van der Waals surface area contributed by atoms with Crippen molar-refractivity contribution in [3.63, 3.8) is 0 Å². The molecule has 2 rings (SSSR count). The first-order valence-corrected chi connectivity index (χ1v) is 6.06. The van der Waals surface area contributed by atoms with E-state index in [1.54, 1.807) is 12.1 Å². The number of hydrogen-bond acceptors (Lipinski definition) is 3. The molecule has 1 aliphatic carbocycles. The molecule has 0 amide bonds. The maximum Gasteiger partial charge on any atom is 0.124 e. The Balaban J connectivity index is 2.14. The highest BCUT2D eigenvalue weighted by atomic mass is 16.5. The van der Waals surface area contributed by atoms with E-state index in [4.69, 9.17) is 10.00 Å². The molecule has 0 radical (unpaired) electrons. The van der Waals surface area contributed by atoms with Crippen molar-refractivity contribution in [1.82, 2.24) is 0 Å². The number of hydrogen-bond donors (Lipinski definition) is 1. The lowest BCUT2D eigenvalue weighted by Crippen LogP contribution is -2.34. The zero-order valence-electron chi connectivity index (χ0n) is 10.0. The summed E-state index contributed by atoms with van der Waals surface area (Å²) >= 11 is 0. The van der Waals surface area contributed by atoms with Gasteiger partial charge in [0.25, 0.3) is 0 Å². The number of rotatable bonds is 2. The van der Waals surface area contributed by atoms with E-state index >= 15 is 0 Å². The van der Waals surface area contributed by atoms with E-state index < -0.39 is 0 Å². The van der Waals surface area contributed by atoms with Crippen molar-refractivity contribution in [2.75, 3.05) is 0 Å². The Hall–Kier alpha value is -1.53. The van der Waals surface area contributed by atoms with Crippen LogP contribution in [0.3, 0.4) is 0 Å². The third-order valence-corrected chi connectivity index (χ3v) is 3.26. The molecule has 17 heavy (non-hydrogen) atoms. The van der Waals surface area contributed by atoms with Gasteiger partial charge in [0.1, 0.15) is 11.9 Å². The standard InChI is InChI=1S/C14H17NO2/c1-10-6-7-11(9-15)8-14(10)17-13-5-3-2-4-12(13)16/h6-8,12-13,16H,2-5H2,1H3. The first-order valence-electron chi connectivity index (χ1n) is 6.06. The lowest BCUT2D eigenvalue weighted by Gasteiger charge is -2.28. The smallest absolute Gasteiger partial charge is 0.124 e. The number of benzene rings is 1. The fraction of sp³-hybridized carbons (Fsp3) is 0.500. The predicted octanol–water partition coefficient (Wildman–Crippen LogP) is 2.55. The molecule has 0 aromatic heterocycles. The lowest BCUT2D eigenvalue weighted by atomic mass is 9.95. The minimum atomic E-state index is -0.381. The van der Waals surface area contributed by atoms with Crippen molar-refractivity contribution in [1.29, 1.82) is 5.26 Å². The van der Waals surface area contributed by atoms with Crippen LogP contribution in [0.4, 0.5) is 0 Å². The second kappa shape index (κ2) is 5.20. The zero-order chi connectivity index (χ0) is 12.3. The van der Waals surface area contributed by atoms with Crippen LogP contribution in [0.5, 0.6) is 5.75 Å². The molecule has 1 N–H and O–H groups in total. The lowest BCUT2D eigenvalue weighted by molar-refractivity contribution is 0.00653. The third kappa shape index (κ3) is 2.78. The van der Waals surface area contributed by atoms with Crippen molar-refractivity contribution in [2.24, 2.45) is 0 Å². The molecule has 0 saturated heterocycles. The molecule has 90 valence electrons. The molecule has 2 unspecified atom stereocenters. The van der Waals surface area contributed by atoms with Crippen LogP contribution in [0.1, 0.15) is 36.8 Å². The van der Waals surface area contributed by atoms with Crippen LogP contribution in [-0.4, -0.2) is 17.3 Å². The van der Waals surface area contributed by atoms with Gasteiger partial charge in [0.2, 0.25) is 0 Å². The Labute approximate surface area is 102 Å². The SMILES string of the molecule is Cc1ccc(C#N)cc1OC1CCCCC1O. The van der Waals surface area contributed by atoms with Gasteiger partial charge >= 0.3 is 0 Å². The van der Waals surface area contributed by atoms with Gasteiger partial charge in [-0.05, 0) is 43.9 Å². The normalized spacial score (nSPS) is 24.1. The van der Waals surface area contributed by atoms with Crippen LogP contribution in [0.15, 0.2) is 18.2 Å². The summed E-state index contributed by atoms with van der Waals surface area (Å²) < 4.78 is 5.84. The summed E-state index contributed by atoms with van der Waals surface area (Å²) in [5.41, 5.74) is 1.60. The number of ether oxygens (including phenoxy) is 1. The zero-order valence-corrected chi connectivity index (χ0v) is 10.0. The van der Waals surface area contributed by atoms with Crippen molar-refractivity contribution in [3.05, 3.63) is 29.3 Å². The van der Waals surface area contributed by atoms with Gasteiger partial charge in [-0.1, -0.05) is 12.5 Å². The Morgan fingerprint density at radius 1 is 1.35 bits per heavy atom. The maximum absolute atomic E-state index is 9.86. The number of nitrogens with zero attached hydrogens (tertiary/aromatic N) is 1. The van der Waals surface area contributed by atoms with Crippen LogP contribution in [0.2, 0.25) is 0 Å². The highest BCUT2D eigenvalue weighted by Crippen LogP contribution is 2.26. The average molecular weight is 231 g/mol. The highest BCUT2D eigenvalue weighted by Gasteiger charge is 2.25. The number of aliphatic hydroxyl groups excluding tert-OH is 1. The van der Waals surface area contributed by atoms with Crippen LogP contribution in [0.25, 0.3) is 0 Å². The largest absolute Gasteiger partial charge is 0.487 e. The fourth-order valence-corrected chi connectivity index (χ4v) is 2.17. The Kier molecular flexibility index (Phi) is 3.65. The summed E-state index contributed by atoms with van der Waals surface area (Å²) in [6, 6.07) is 7.50. The van der Waals surface area contributed by atoms with Crippen LogP contribution < -0.4 is 4.74 Å². The maximum atomic E-state index is 9.86. The Morgan fingerprint density at radius 2 is 2.12 bits per heavy atom. The van der Waals surface area contributed by atoms with E-state index in [2.05, 4.69) is 6.07 Å². The predicted molar refractivity (Wildman–Crippen MR) is 64.8 cm³/mol. The van der Waals surface area contributed by atoms with Gasteiger partial charge < -0.3 is 9.84 Å². The molecule has 1 fully saturated rings. The van der Waals surface area contributed by atoms with Crippen LogP contribution in [0, 0.1) is 18.3 Å². The Morgan fingerprint density at radius 3 is 2.82 bits per heavy atom. The summed E-state index contributed by atoms with van der Waals surface area (Å²) in [5, 5.41) is 18.7. The van der Waals surface area contributed by atoms with Gasteiger partial charge in [-0.3, -0.25) is 0 Å². The van der Waals surface area contributed by atoms with Gasteiger partial charge in [-0.2, -0.15) is 5.26 Å². The quantitative estimate of drug-likeness (QED) is 0.851. The molecule has 1 aromatic carbocycles. The van der Waals surface area contributed by atoms with E-state index in [0.717, 1.165) is 37.0 Å². The topological polar surface area (TPSA) is 53.2 Å². The Bertz CT molecular complexity index is 436. The molecule has 0 bridgehead atoms. The molecule has 0 spiro atoms. The molecular weight excluding hydrogens is 214 g/mol. The second-order valence-corrected chi connectivity index (χ2v) is 4.60. The minimum Gasteiger partial charge on any atom is -0.487 e. The van der Waals surface area contributed by atoms with E-state index in [0.29, 0.717) is 5.56 Å². The molecule has 3 heteroatoms. The summed E-state index contributed by atoms with van der Waals surface area (Å²) in [4.78, 5) is 0. The molecule has 0 heterocycles. The van der Waals surface area contributed by atoms with Gasteiger partial charge in [-0.15, -0.1) is 0 Å². The van der Waals surface area contributed by atoms with Gasteiger partial charge in [-0.25, -0.2) is 0 Å². The number of nitriles is 1. The molecule has 1 aromatic rings. The van der Waals surface area contributed by atoms with Gasteiger partial charge in [0.05, 0.1) is 17.7 Å². The second-order valence-electron chi connectivity index (χ2n) is 4.60. The molecule has 2 atom stereocenters. The third-order valence-electron chi connectivity index (χ3n) is 3.26. The summed E-state index contributed by atoms with van der Waals surface area (Å²) in [5.74, 6) is 0.718. The minimum absolute atomic E-state index is 0.128. The molecule has 3 nitrogen and oxygen atoms in total. The summed E-state index contributed by atoms with van der Waals surface area (Å²) in [6.07, 6.45) is 3.35. The van der Waals surface area contributed by atoms with Crippen molar-refractivity contribution in [3.8, 4) is 11.8 Å². The van der Waals surface area contributed by atoms with E-state index in [1.807, 2.05) is 13.0 Å². The molecule has 1 saturated carbocycles. The average Bonchev–Trinajstić information content (AvgIpc) is 2.35. The molecule has 0 aliphatic heterocycles. The molecular formula is C14H17NO2. The van der Waals surface area contributed by atoms with E-state index in [-0.39, 0.29) is 12.2 Å². The first kappa shape index (κ1) is 11.9. The number of aliphatic hydroxyl groups is 1. The summed E-state index contributed by atoms with van der Waals surface area (Å²) in [6.45, 7) is 1.95. The first-order chi connectivity index (χ1) is 8.20. The monoisotopic (exact) mass is 231 g/mol.